The Labute approximate surface area is 155 Å². The van der Waals surface area contributed by atoms with E-state index in [1.165, 1.54) is 36.3 Å². The van der Waals surface area contributed by atoms with E-state index in [1.54, 1.807) is 32.0 Å². The van der Waals surface area contributed by atoms with Crippen molar-refractivity contribution in [1.29, 1.82) is 0 Å². The van der Waals surface area contributed by atoms with E-state index >= 15 is 0 Å². The third kappa shape index (κ3) is 3.19. The molecule has 0 aromatic heterocycles. The highest BCUT2D eigenvalue weighted by atomic mass is 16.5. The number of amides is 3. The summed E-state index contributed by atoms with van der Waals surface area (Å²) in [6.45, 7) is 3.50. The van der Waals surface area contributed by atoms with E-state index in [1.807, 2.05) is 0 Å². The molecule has 0 saturated heterocycles. The highest BCUT2D eigenvalue weighted by molar-refractivity contribution is 6.22. The van der Waals surface area contributed by atoms with E-state index < -0.39 is 17.8 Å². The van der Waals surface area contributed by atoms with Crippen molar-refractivity contribution < 1.29 is 23.9 Å². The SMILES string of the molecule is COC(=O)c1ccccc1NC(=O)c1ccc2c(c1)C(=O)N(C(C)C)C2=O. The van der Waals surface area contributed by atoms with Crippen molar-refractivity contribution in [2.24, 2.45) is 0 Å². The average molecular weight is 366 g/mol. The first kappa shape index (κ1) is 18.3. The fourth-order valence-corrected chi connectivity index (χ4v) is 2.94. The summed E-state index contributed by atoms with van der Waals surface area (Å²) in [5, 5.41) is 2.64. The van der Waals surface area contributed by atoms with Crippen LogP contribution in [0.3, 0.4) is 0 Å². The van der Waals surface area contributed by atoms with Gasteiger partial charge in [0, 0.05) is 11.6 Å². The highest BCUT2D eigenvalue weighted by Gasteiger charge is 2.37. The third-order valence-electron chi connectivity index (χ3n) is 4.28. The van der Waals surface area contributed by atoms with Crippen molar-refractivity contribution in [3.63, 3.8) is 0 Å². The van der Waals surface area contributed by atoms with Crippen molar-refractivity contribution >= 4 is 29.4 Å². The Hall–Kier alpha value is -3.48. The summed E-state index contributed by atoms with van der Waals surface area (Å²) in [6, 6.07) is 10.5. The first-order valence-corrected chi connectivity index (χ1v) is 8.35. The van der Waals surface area contributed by atoms with E-state index in [-0.39, 0.29) is 34.2 Å². The lowest BCUT2D eigenvalue weighted by atomic mass is 10.0. The second-order valence-corrected chi connectivity index (χ2v) is 6.33. The minimum atomic E-state index is -0.576. The van der Waals surface area contributed by atoms with Crippen LogP contribution < -0.4 is 5.32 Å². The molecule has 3 rings (SSSR count). The van der Waals surface area contributed by atoms with Gasteiger partial charge in [-0.2, -0.15) is 0 Å². The smallest absolute Gasteiger partial charge is 0.339 e. The van der Waals surface area contributed by atoms with Crippen LogP contribution >= 0.6 is 0 Å². The van der Waals surface area contributed by atoms with Gasteiger partial charge in [-0.3, -0.25) is 19.3 Å². The van der Waals surface area contributed by atoms with Crippen LogP contribution in [0.15, 0.2) is 42.5 Å². The van der Waals surface area contributed by atoms with Gasteiger partial charge in [0.1, 0.15) is 0 Å². The Morgan fingerprint density at radius 2 is 1.67 bits per heavy atom. The molecule has 0 atom stereocenters. The van der Waals surface area contributed by atoms with Gasteiger partial charge in [0.25, 0.3) is 17.7 Å². The molecule has 0 radical (unpaired) electrons. The monoisotopic (exact) mass is 366 g/mol. The molecule has 0 fully saturated rings. The number of nitrogens with one attached hydrogen (secondary N) is 1. The fourth-order valence-electron chi connectivity index (χ4n) is 2.94. The number of carbonyl (C=O) groups is 4. The topological polar surface area (TPSA) is 92.8 Å². The minimum absolute atomic E-state index is 0.197. The van der Waals surface area contributed by atoms with E-state index in [9.17, 15) is 19.2 Å². The van der Waals surface area contributed by atoms with Crippen molar-refractivity contribution in [3.8, 4) is 0 Å². The maximum Gasteiger partial charge on any atom is 0.339 e. The van der Waals surface area contributed by atoms with Crippen LogP contribution in [0.2, 0.25) is 0 Å². The normalized spacial score (nSPS) is 13.0. The quantitative estimate of drug-likeness (QED) is 0.663. The number of benzene rings is 2. The molecule has 1 N–H and O–H groups in total. The number of fused-ring (bicyclic) bond motifs is 1. The summed E-state index contributed by atoms with van der Waals surface area (Å²) in [7, 11) is 1.25. The van der Waals surface area contributed by atoms with Gasteiger partial charge >= 0.3 is 5.97 Å². The molecule has 1 heterocycles. The van der Waals surface area contributed by atoms with Gasteiger partial charge < -0.3 is 10.1 Å². The third-order valence-corrected chi connectivity index (χ3v) is 4.28. The molecular weight excluding hydrogens is 348 g/mol. The van der Waals surface area contributed by atoms with E-state index in [2.05, 4.69) is 5.32 Å². The second kappa shape index (κ2) is 7.03. The molecule has 1 aliphatic rings. The number of imide groups is 1. The van der Waals surface area contributed by atoms with E-state index in [0.29, 0.717) is 5.69 Å². The van der Waals surface area contributed by atoms with Crippen LogP contribution in [-0.2, 0) is 4.74 Å². The Kier molecular flexibility index (Phi) is 4.77. The van der Waals surface area contributed by atoms with E-state index in [4.69, 9.17) is 4.74 Å². The summed E-state index contributed by atoms with van der Waals surface area (Å²) >= 11 is 0. The van der Waals surface area contributed by atoms with Crippen LogP contribution in [0, 0.1) is 0 Å². The first-order valence-electron chi connectivity index (χ1n) is 8.35. The number of rotatable bonds is 4. The summed E-state index contributed by atoms with van der Waals surface area (Å²) in [5.74, 6) is -1.87. The number of methoxy groups -OCH3 is 1. The number of hydrogen-bond donors (Lipinski definition) is 1. The molecule has 0 aliphatic carbocycles. The molecule has 2 aromatic carbocycles. The van der Waals surface area contributed by atoms with Gasteiger partial charge in [0.15, 0.2) is 0 Å². The van der Waals surface area contributed by atoms with Crippen molar-refractivity contribution in [2.45, 2.75) is 19.9 Å². The van der Waals surface area contributed by atoms with Gasteiger partial charge in [0.05, 0.1) is 29.5 Å². The van der Waals surface area contributed by atoms with Crippen LogP contribution in [0.25, 0.3) is 0 Å². The molecule has 7 heteroatoms. The number of para-hydroxylation sites is 1. The van der Waals surface area contributed by atoms with Gasteiger partial charge in [-0.1, -0.05) is 12.1 Å². The zero-order chi connectivity index (χ0) is 19.7. The Morgan fingerprint density at radius 3 is 2.33 bits per heavy atom. The van der Waals surface area contributed by atoms with Crippen LogP contribution in [0.4, 0.5) is 5.69 Å². The lowest BCUT2D eigenvalue weighted by Crippen LogP contribution is -2.35. The zero-order valence-corrected chi connectivity index (χ0v) is 15.1. The maximum absolute atomic E-state index is 12.6. The lowest BCUT2D eigenvalue weighted by Gasteiger charge is -2.17. The van der Waals surface area contributed by atoms with Gasteiger partial charge in [0.2, 0.25) is 0 Å². The summed E-state index contributed by atoms with van der Waals surface area (Å²) in [6.07, 6.45) is 0. The maximum atomic E-state index is 12.6. The molecule has 138 valence electrons. The number of hydrogen-bond acceptors (Lipinski definition) is 5. The molecule has 0 bridgehead atoms. The van der Waals surface area contributed by atoms with Gasteiger partial charge in [-0.25, -0.2) is 4.79 Å². The molecule has 2 aromatic rings. The highest BCUT2D eigenvalue weighted by Crippen LogP contribution is 2.26. The Balaban J connectivity index is 1.90. The molecule has 0 spiro atoms. The molecule has 27 heavy (non-hydrogen) atoms. The summed E-state index contributed by atoms with van der Waals surface area (Å²) in [5.41, 5.74) is 1.19. The molecule has 0 saturated carbocycles. The van der Waals surface area contributed by atoms with Gasteiger partial charge in [-0.15, -0.1) is 0 Å². The van der Waals surface area contributed by atoms with Crippen LogP contribution in [0.5, 0.6) is 0 Å². The molecule has 3 amide bonds. The zero-order valence-electron chi connectivity index (χ0n) is 15.1. The lowest BCUT2D eigenvalue weighted by molar-refractivity contribution is 0.0592. The Bertz CT molecular complexity index is 965. The van der Waals surface area contributed by atoms with Crippen molar-refractivity contribution in [2.75, 3.05) is 12.4 Å². The van der Waals surface area contributed by atoms with Gasteiger partial charge in [-0.05, 0) is 44.2 Å². The molecular formula is C20H18N2O5. The molecule has 0 unspecified atom stereocenters. The van der Waals surface area contributed by atoms with Crippen LogP contribution in [-0.4, -0.2) is 41.7 Å². The Morgan fingerprint density at radius 1 is 1.00 bits per heavy atom. The average Bonchev–Trinajstić information content (AvgIpc) is 2.91. The second-order valence-electron chi connectivity index (χ2n) is 6.33. The largest absolute Gasteiger partial charge is 0.465 e. The minimum Gasteiger partial charge on any atom is -0.465 e. The van der Waals surface area contributed by atoms with Crippen molar-refractivity contribution in [3.05, 3.63) is 64.7 Å². The van der Waals surface area contributed by atoms with Crippen LogP contribution in [0.1, 0.15) is 55.3 Å². The number of carbonyl (C=O) groups excluding carboxylic acids is 4. The number of nitrogens with zero attached hydrogens (tertiary/aromatic N) is 1. The standard InChI is InChI=1S/C20H18N2O5/c1-11(2)22-18(24)13-9-8-12(10-15(13)19(22)25)17(23)21-16-7-5-4-6-14(16)20(26)27-3/h4-11H,1-3H3,(H,21,23). The fraction of sp³-hybridized carbons (Fsp3) is 0.200. The summed E-state index contributed by atoms with van der Waals surface area (Å²) in [4.78, 5) is 50.4. The summed E-state index contributed by atoms with van der Waals surface area (Å²) < 4.78 is 4.71. The predicted molar refractivity (Wildman–Crippen MR) is 97.8 cm³/mol. The predicted octanol–water partition coefficient (Wildman–Crippen LogP) is 2.73. The van der Waals surface area contributed by atoms with E-state index in [0.717, 1.165) is 0 Å². The molecule has 7 nitrogen and oxygen atoms in total. The molecule has 1 aliphatic heterocycles. The number of esters is 1. The first-order chi connectivity index (χ1) is 12.8. The van der Waals surface area contributed by atoms with Crippen molar-refractivity contribution in [1.82, 2.24) is 4.90 Å². The number of anilines is 1. The number of ether oxygens (including phenoxy) is 1.